The minimum absolute atomic E-state index is 0.0341. The van der Waals surface area contributed by atoms with Crippen molar-refractivity contribution < 1.29 is 4.79 Å². The van der Waals surface area contributed by atoms with E-state index in [1.54, 1.807) is 0 Å². The van der Waals surface area contributed by atoms with Crippen LogP contribution in [0.5, 0.6) is 0 Å². The highest BCUT2D eigenvalue weighted by Gasteiger charge is 2.39. The van der Waals surface area contributed by atoms with Gasteiger partial charge in [-0.15, -0.1) is 5.10 Å². The molecule has 7 heteroatoms. The predicted octanol–water partition coefficient (Wildman–Crippen LogP) is 2.85. The fraction of sp³-hybridized carbons (Fsp3) is 0.529. The summed E-state index contributed by atoms with van der Waals surface area (Å²) in [6, 6.07) is 8.05. The van der Waals surface area contributed by atoms with Crippen LogP contribution in [0.4, 0.5) is 11.4 Å². The van der Waals surface area contributed by atoms with Crippen LogP contribution < -0.4 is 10.6 Å². The lowest BCUT2D eigenvalue weighted by atomic mass is 9.92. The molecule has 0 radical (unpaired) electrons. The smallest absolute Gasteiger partial charge is 0.227 e. The van der Waals surface area contributed by atoms with Crippen molar-refractivity contribution in [2.45, 2.75) is 57.0 Å². The molecule has 126 valence electrons. The molecule has 0 saturated heterocycles. The van der Waals surface area contributed by atoms with Crippen molar-refractivity contribution in [3.63, 3.8) is 0 Å². The van der Waals surface area contributed by atoms with Crippen molar-refractivity contribution in [1.82, 2.24) is 20.2 Å². The van der Waals surface area contributed by atoms with E-state index in [1.807, 2.05) is 35.9 Å². The average Bonchev–Trinajstić information content (AvgIpc) is 3.03. The Morgan fingerprint density at radius 3 is 2.71 bits per heavy atom. The summed E-state index contributed by atoms with van der Waals surface area (Å²) in [5.74, 6) is 0.703. The number of tetrazole rings is 1. The van der Waals surface area contributed by atoms with Gasteiger partial charge in [-0.25, -0.2) is 4.68 Å². The fourth-order valence-electron chi connectivity index (χ4n) is 3.82. The molecule has 2 aromatic rings. The van der Waals surface area contributed by atoms with Crippen molar-refractivity contribution >= 4 is 17.3 Å². The quantitative estimate of drug-likeness (QED) is 0.886. The van der Waals surface area contributed by atoms with Gasteiger partial charge in [-0.3, -0.25) is 4.79 Å². The Balaban J connectivity index is 1.73. The molecule has 0 bridgehead atoms. The molecule has 2 N–H and O–H groups in total. The van der Waals surface area contributed by atoms with E-state index in [1.165, 1.54) is 19.3 Å². The maximum Gasteiger partial charge on any atom is 0.227 e. The van der Waals surface area contributed by atoms with Crippen molar-refractivity contribution in [3.8, 4) is 0 Å². The third-order valence-corrected chi connectivity index (χ3v) is 5.03. The maximum absolute atomic E-state index is 12.4. The van der Waals surface area contributed by atoms with Gasteiger partial charge in [0.25, 0.3) is 0 Å². The number of benzene rings is 1. The number of nitrogens with zero attached hydrogens (tertiary/aromatic N) is 4. The summed E-state index contributed by atoms with van der Waals surface area (Å²) in [6.45, 7) is 2.00. The van der Waals surface area contributed by atoms with E-state index < -0.39 is 5.54 Å². The van der Waals surface area contributed by atoms with Crippen molar-refractivity contribution in [1.29, 1.82) is 0 Å². The standard InChI is InChI=1S/C17H22N6O/c1-17(11-15(24)18-13-9-5-6-10-14(13)19-17)16-20-21-22-23(16)12-7-3-2-4-8-12/h5-6,9-10,12,19H,2-4,7-8,11H2,1H3,(H,18,24). The molecule has 1 saturated carbocycles. The lowest BCUT2D eigenvalue weighted by Crippen LogP contribution is -2.38. The second-order valence-corrected chi connectivity index (χ2v) is 6.97. The maximum atomic E-state index is 12.4. The summed E-state index contributed by atoms with van der Waals surface area (Å²) >= 11 is 0. The molecule has 7 nitrogen and oxygen atoms in total. The van der Waals surface area contributed by atoms with Gasteiger partial charge < -0.3 is 10.6 Å². The first-order chi connectivity index (χ1) is 11.7. The first-order valence-corrected chi connectivity index (χ1v) is 8.61. The van der Waals surface area contributed by atoms with E-state index in [4.69, 9.17) is 0 Å². The molecular formula is C17H22N6O. The molecule has 1 aromatic carbocycles. The van der Waals surface area contributed by atoms with E-state index in [2.05, 4.69) is 26.2 Å². The van der Waals surface area contributed by atoms with Crippen LogP contribution in [0.1, 0.15) is 57.3 Å². The Hall–Kier alpha value is -2.44. The van der Waals surface area contributed by atoms with Crippen molar-refractivity contribution in [2.24, 2.45) is 0 Å². The number of carbonyl (C=O) groups excluding carboxylic acids is 1. The summed E-state index contributed by atoms with van der Waals surface area (Å²) < 4.78 is 1.94. The van der Waals surface area contributed by atoms with Gasteiger partial charge in [-0.05, 0) is 42.3 Å². The number of rotatable bonds is 2. The minimum Gasteiger partial charge on any atom is -0.371 e. The number of fused-ring (bicyclic) bond motifs is 1. The van der Waals surface area contributed by atoms with Gasteiger partial charge >= 0.3 is 0 Å². The Bertz CT molecular complexity index is 751. The zero-order valence-electron chi connectivity index (χ0n) is 13.8. The third-order valence-electron chi connectivity index (χ3n) is 5.03. The second-order valence-electron chi connectivity index (χ2n) is 6.97. The van der Waals surface area contributed by atoms with E-state index in [9.17, 15) is 4.79 Å². The van der Waals surface area contributed by atoms with Gasteiger partial charge in [-0.2, -0.15) is 0 Å². The molecule has 1 unspecified atom stereocenters. The van der Waals surface area contributed by atoms with Gasteiger partial charge in [0.2, 0.25) is 5.91 Å². The van der Waals surface area contributed by atoms with E-state index in [0.717, 1.165) is 30.0 Å². The average molecular weight is 326 g/mol. The van der Waals surface area contributed by atoms with Crippen molar-refractivity contribution in [2.75, 3.05) is 10.6 Å². The Morgan fingerprint density at radius 2 is 1.92 bits per heavy atom. The first kappa shape index (κ1) is 15.1. The van der Waals surface area contributed by atoms with Crippen LogP contribution in [-0.4, -0.2) is 26.1 Å². The molecule has 1 aliphatic carbocycles. The Morgan fingerprint density at radius 1 is 1.17 bits per heavy atom. The number of hydrogen-bond donors (Lipinski definition) is 2. The molecule has 0 spiro atoms. The summed E-state index contributed by atoms with van der Waals surface area (Å²) in [7, 11) is 0. The number of carbonyl (C=O) groups is 1. The van der Waals surface area contributed by atoms with Crippen molar-refractivity contribution in [3.05, 3.63) is 30.1 Å². The molecule has 1 aliphatic heterocycles. The Labute approximate surface area is 140 Å². The molecular weight excluding hydrogens is 304 g/mol. The highest BCUT2D eigenvalue weighted by atomic mass is 16.1. The summed E-state index contributed by atoms with van der Waals surface area (Å²) in [4.78, 5) is 12.4. The molecule has 2 aliphatic rings. The Kier molecular flexibility index (Phi) is 3.70. The highest BCUT2D eigenvalue weighted by Crippen LogP contribution is 2.37. The molecule has 1 fully saturated rings. The number of amides is 1. The predicted molar refractivity (Wildman–Crippen MR) is 90.6 cm³/mol. The molecule has 4 rings (SSSR count). The molecule has 1 amide bonds. The monoisotopic (exact) mass is 326 g/mol. The SMILES string of the molecule is CC1(c2nnnn2C2CCCCC2)CC(=O)Nc2ccccc2N1. The van der Waals surface area contributed by atoms with Gasteiger partial charge in [0.15, 0.2) is 5.82 Å². The molecule has 1 atom stereocenters. The number of para-hydroxylation sites is 2. The zero-order chi connectivity index (χ0) is 16.6. The minimum atomic E-state index is -0.641. The van der Waals surface area contributed by atoms with Crippen LogP contribution in [0, 0.1) is 0 Å². The molecule has 2 heterocycles. The van der Waals surface area contributed by atoms with E-state index in [0.29, 0.717) is 6.04 Å². The fourth-order valence-corrected chi connectivity index (χ4v) is 3.82. The van der Waals surface area contributed by atoms with E-state index >= 15 is 0 Å². The van der Waals surface area contributed by atoms with Crippen LogP contribution in [0.25, 0.3) is 0 Å². The van der Waals surface area contributed by atoms with Crippen LogP contribution in [0.3, 0.4) is 0 Å². The lowest BCUT2D eigenvalue weighted by Gasteiger charge is -2.31. The summed E-state index contributed by atoms with van der Waals surface area (Å²) in [5.41, 5.74) is 1.05. The number of anilines is 2. The number of hydrogen-bond acceptors (Lipinski definition) is 5. The van der Waals surface area contributed by atoms with Crippen LogP contribution in [-0.2, 0) is 10.3 Å². The van der Waals surface area contributed by atoms with E-state index in [-0.39, 0.29) is 12.3 Å². The topological polar surface area (TPSA) is 84.7 Å². The van der Waals surface area contributed by atoms with Crippen LogP contribution >= 0.6 is 0 Å². The zero-order valence-corrected chi connectivity index (χ0v) is 13.8. The second kappa shape index (κ2) is 5.89. The van der Waals surface area contributed by atoms with Crippen LogP contribution in [0.2, 0.25) is 0 Å². The highest BCUT2D eigenvalue weighted by molar-refractivity contribution is 5.96. The van der Waals surface area contributed by atoms with Gasteiger partial charge in [0.1, 0.15) is 5.54 Å². The largest absolute Gasteiger partial charge is 0.371 e. The lowest BCUT2D eigenvalue weighted by molar-refractivity contribution is -0.117. The van der Waals surface area contributed by atoms with Gasteiger partial charge in [0, 0.05) is 0 Å². The first-order valence-electron chi connectivity index (χ1n) is 8.61. The number of nitrogens with one attached hydrogen (secondary N) is 2. The summed E-state index contributed by atoms with van der Waals surface area (Å²) in [5, 5.41) is 18.9. The third kappa shape index (κ3) is 2.64. The molecule has 24 heavy (non-hydrogen) atoms. The summed E-state index contributed by atoms with van der Waals surface area (Å²) in [6.07, 6.45) is 6.16. The molecule has 1 aromatic heterocycles. The normalized spacial score (nSPS) is 24.6. The van der Waals surface area contributed by atoms with Crippen LogP contribution in [0.15, 0.2) is 24.3 Å². The van der Waals surface area contributed by atoms with Gasteiger partial charge in [-0.1, -0.05) is 31.4 Å². The van der Waals surface area contributed by atoms with Gasteiger partial charge in [0.05, 0.1) is 23.8 Å². The number of aromatic nitrogens is 4.